The minimum atomic E-state index is 0.354. The molecule has 3 atom stereocenters. The van der Waals surface area contributed by atoms with Crippen molar-refractivity contribution >= 4 is 5.78 Å². The number of ketones is 1. The fraction of sp³-hybridized carbons (Fsp3) is 0.929. The van der Waals surface area contributed by atoms with Crippen LogP contribution in [0.2, 0.25) is 0 Å². The summed E-state index contributed by atoms with van der Waals surface area (Å²) in [6, 6.07) is 0. The van der Waals surface area contributed by atoms with Gasteiger partial charge in [-0.2, -0.15) is 0 Å². The van der Waals surface area contributed by atoms with Gasteiger partial charge in [-0.15, -0.1) is 0 Å². The number of hydrogen-bond donors (Lipinski definition) is 0. The minimum Gasteiger partial charge on any atom is -0.299 e. The van der Waals surface area contributed by atoms with Gasteiger partial charge in [-0.1, -0.05) is 20.8 Å². The fourth-order valence-corrected chi connectivity index (χ4v) is 3.38. The molecular formula is C14H24O. The molecule has 2 fully saturated rings. The molecule has 0 aromatic rings. The molecule has 0 radical (unpaired) electrons. The van der Waals surface area contributed by atoms with Gasteiger partial charge >= 0.3 is 0 Å². The van der Waals surface area contributed by atoms with Gasteiger partial charge in [0.15, 0.2) is 0 Å². The van der Waals surface area contributed by atoms with Crippen LogP contribution in [0.1, 0.15) is 52.9 Å². The van der Waals surface area contributed by atoms with E-state index in [0.29, 0.717) is 17.6 Å². The summed E-state index contributed by atoms with van der Waals surface area (Å²) in [6.07, 6.45) is 6.22. The van der Waals surface area contributed by atoms with Gasteiger partial charge in [-0.25, -0.2) is 0 Å². The fourth-order valence-electron chi connectivity index (χ4n) is 3.38. The Bertz CT molecular complexity index is 232. The van der Waals surface area contributed by atoms with Crippen LogP contribution in [-0.4, -0.2) is 5.78 Å². The van der Waals surface area contributed by atoms with Gasteiger partial charge in [0.1, 0.15) is 5.78 Å². The van der Waals surface area contributed by atoms with Crippen molar-refractivity contribution in [2.45, 2.75) is 52.9 Å². The topological polar surface area (TPSA) is 17.1 Å². The van der Waals surface area contributed by atoms with Crippen LogP contribution in [0.25, 0.3) is 0 Å². The van der Waals surface area contributed by atoms with E-state index in [2.05, 4.69) is 20.8 Å². The van der Waals surface area contributed by atoms with E-state index in [4.69, 9.17) is 0 Å². The Balaban J connectivity index is 1.93. The SMILES string of the molecule is CC1CC(C)CC(C(=O)C(C)C2CC2)C1. The molecule has 0 N–H and O–H groups in total. The van der Waals surface area contributed by atoms with Gasteiger partial charge in [0.25, 0.3) is 0 Å². The van der Waals surface area contributed by atoms with Crippen LogP contribution in [0, 0.1) is 29.6 Å². The van der Waals surface area contributed by atoms with Crippen molar-refractivity contribution < 1.29 is 4.79 Å². The van der Waals surface area contributed by atoms with E-state index < -0.39 is 0 Å². The molecule has 15 heavy (non-hydrogen) atoms. The predicted molar refractivity (Wildman–Crippen MR) is 62.6 cm³/mol. The summed E-state index contributed by atoms with van der Waals surface area (Å²) < 4.78 is 0. The van der Waals surface area contributed by atoms with Crippen LogP contribution in [0.4, 0.5) is 0 Å². The third-order valence-electron chi connectivity index (χ3n) is 4.36. The molecule has 2 saturated carbocycles. The van der Waals surface area contributed by atoms with Crippen molar-refractivity contribution in [2.24, 2.45) is 29.6 Å². The zero-order chi connectivity index (χ0) is 11.0. The molecule has 0 bridgehead atoms. The third kappa shape index (κ3) is 2.62. The van der Waals surface area contributed by atoms with Crippen LogP contribution in [0.5, 0.6) is 0 Å². The first-order valence-electron chi connectivity index (χ1n) is 6.61. The normalized spacial score (nSPS) is 38.7. The standard InChI is InChI=1S/C14H24O/c1-9-6-10(2)8-13(7-9)14(15)11(3)12-4-5-12/h9-13H,4-8H2,1-3H3. The quantitative estimate of drug-likeness (QED) is 0.691. The molecule has 0 heterocycles. The van der Waals surface area contributed by atoms with Crippen LogP contribution < -0.4 is 0 Å². The lowest BCUT2D eigenvalue weighted by Crippen LogP contribution is -2.30. The monoisotopic (exact) mass is 208 g/mol. The Morgan fingerprint density at radius 3 is 2.07 bits per heavy atom. The highest BCUT2D eigenvalue weighted by atomic mass is 16.1. The highest BCUT2D eigenvalue weighted by Gasteiger charge is 2.37. The molecule has 2 aliphatic rings. The first-order valence-corrected chi connectivity index (χ1v) is 6.61. The largest absolute Gasteiger partial charge is 0.299 e. The maximum absolute atomic E-state index is 12.3. The number of rotatable bonds is 3. The molecule has 2 rings (SSSR count). The summed E-state index contributed by atoms with van der Waals surface area (Å²) in [5.74, 6) is 3.58. The van der Waals surface area contributed by atoms with Crippen molar-refractivity contribution in [1.29, 1.82) is 0 Å². The molecule has 1 heteroatoms. The second-order valence-corrected chi connectivity index (χ2v) is 6.14. The first kappa shape index (κ1) is 11.2. The lowest BCUT2D eigenvalue weighted by molar-refractivity contribution is -0.128. The Morgan fingerprint density at radius 1 is 1.07 bits per heavy atom. The van der Waals surface area contributed by atoms with Crippen LogP contribution >= 0.6 is 0 Å². The van der Waals surface area contributed by atoms with Crippen LogP contribution in [0.3, 0.4) is 0 Å². The maximum Gasteiger partial charge on any atom is 0.139 e. The zero-order valence-corrected chi connectivity index (χ0v) is 10.3. The average molecular weight is 208 g/mol. The van der Waals surface area contributed by atoms with Crippen molar-refractivity contribution in [1.82, 2.24) is 0 Å². The number of Topliss-reactive ketones (excluding diaryl/α,β-unsaturated/α-hetero) is 1. The smallest absolute Gasteiger partial charge is 0.139 e. The Labute approximate surface area is 93.6 Å². The summed E-state index contributed by atoms with van der Waals surface area (Å²) in [7, 11) is 0. The summed E-state index contributed by atoms with van der Waals surface area (Å²) in [5, 5.41) is 0. The predicted octanol–water partition coefficient (Wildman–Crippen LogP) is 3.67. The number of carbonyl (C=O) groups is 1. The van der Waals surface area contributed by atoms with Crippen LogP contribution in [0.15, 0.2) is 0 Å². The Morgan fingerprint density at radius 2 is 1.60 bits per heavy atom. The van der Waals surface area contributed by atoms with E-state index in [1.54, 1.807) is 0 Å². The highest BCUT2D eigenvalue weighted by molar-refractivity contribution is 5.83. The summed E-state index contributed by atoms with van der Waals surface area (Å²) in [4.78, 5) is 12.3. The maximum atomic E-state index is 12.3. The van der Waals surface area contributed by atoms with Gasteiger partial charge in [0.2, 0.25) is 0 Å². The molecule has 0 saturated heterocycles. The Kier molecular flexibility index (Phi) is 3.18. The van der Waals surface area contributed by atoms with Crippen molar-refractivity contribution in [3.8, 4) is 0 Å². The van der Waals surface area contributed by atoms with E-state index in [1.165, 1.54) is 19.3 Å². The molecule has 2 aliphatic carbocycles. The van der Waals surface area contributed by atoms with E-state index >= 15 is 0 Å². The molecule has 3 unspecified atom stereocenters. The molecule has 0 aliphatic heterocycles. The summed E-state index contributed by atoms with van der Waals surface area (Å²) in [6.45, 7) is 6.76. The lowest BCUT2D eigenvalue weighted by atomic mass is 9.72. The summed E-state index contributed by atoms with van der Waals surface area (Å²) >= 11 is 0. The molecular weight excluding hydrogens is 184 g/mol. The third-order valence-corrected chi connectivity index (χ3v) is 4.36. The zero-order valence-electron chi connectivity index (χ0n) is 10.3. The lowest BCUT2D eigenvalue weighted by Gasteiger charge is -2.32. The Hall–Kier alpha value is -0.330. The second kappa shape index (κ2) is 4.27. The molecule has 0 amide bonds. The van der Waals surface area contributed by atoms with Gasteiger partial charge in [-0.3, -0.25) is 4.79 Å². The molecule has 0 aromatic carbocycles. The average Bonchev–Trinajstić information content (AvgIpc) is 2.97. The molecule has 86 valence electrons. The summed E-state index contributed by atoms with van der Waals surface area (Å²) in [5.41, 5.74) is 0. The number of hydrogen-bond acceptors (Lipinski definition) is 1. The van der Waals surface area contributed by atoms with Gasteiger partial charge < -0.3 is 0 Å². The molecule has 0 spiro atoms. The second-order valence-electron chi connectivity index (χ2n) is 6.14. The van der Waals surface area contributed by atoms with E-state index in [-0.39, 0.29) is 0 Å². The highest BCUT2D eigenvalue weighted by Crippen LogP contribution is 2.41. The van der Waals surface area contributed by atoms with Crippen molar-refractivity contribution in [2.75, 3.05) is 0 Å². The number of carbonyl (C=O) groups excluding carboxylic acids is 1. The van der Waals surface area contributed by atoms with E-state index in [0.717, 1.165) is 30.6 Å². The van der Waals surface area contributed by atoms with Crippen LogP contribution in [-0.2, 0) is 4.79 Å². The van der Waals surface area contributed by atoms with E-state index in [9.17, 15) is 4.79 Å². The van der Waals surface area contributed by atoms with Gasteiger partial charge in [-0.05, 0) is 49.9 Å². The molecule has 1 nitrogen and oxygen atoms in total. The van der Waals surface area contributed by atoms with Gasteiger partial charge in [0.05, 0.1) is 0 Å². The first-order chi connectivity index (χ1) is 7.08. The molecule has 0 aromatic heterocycles. The van der Waals surface area contributed by atoms with Gasteiger partial charge in [0, 0.05) is 11.8 Å². The van der Waals surface area contributed by atoms with Crippen molar-refractivity contribution in [3.63, 3.8) is 0 Å². The van der Waals surface area contributed by atoms with E-state index in [1.807, 2.05) is 0 Å². The minimum absolute atomic E-state index is 0.354. The van der Waals surface area contributed by atoms with Crippen molar-refractivity contribution in [3.05, 3.63) is 0 Å².